The minimum atomic E-state index is -1.18. The Hall–Kier alpha value is -0.650. The molecule has 0 saturated carbocycles. The van der Waals surface area contributed by atoms with Crippen LogP contribution in [0.2, 0.25) is 0 Å². The number of rotatable bonds is 12. The summed E-state index contributed by atoms with van der Waals surface area (Å²) in [7, 11) is -0.179. The zero-order chi connectivity index (χ0) is 19.2. The second-order valence-electron chi connectivity index (χ2n) is 5.80. The van der Waals surface area contributed by atoms with Crippen molar-refractivity contribution in [3.63, 3.8) is 0 Å². The van der Waals surface area contributed by atoms with Gasteiger partial charge < -0.3 is 20.1 Å². The molecule has 0 bridgehead atoms. The molecular formula is C17H33O6P. The van der Waals surface area contributed by atoms with E-state index in [0.717, 1.165) is 19.1 Å². The molecule has 0 aliphatic rings. The van der Waals surface area contributed by atoms with Crippen LogP contribution < -0.4 is 0 Å². The lowest BCUT2D eigenvalue weighted by Gasteiger charge is -2.28. The molecule has 0 fully saturated rings. The summed E-state index contributed by atoms with van der Waals surface area (Å²) in [6, 6.07) is 0. The number of carbonyl (C=O) groups is 2. The van der Waals surface area contributed by atoms with Crippen molar-refractivity contribution >= 4 is 19.2 Å². The maximum atomic E-state index is 12.2. The Labute approximate surface area is 146 Å². The predicted octanol–water partition coefficient (Wildman–Crippen LogP) is 1.90. The SMILES string of the molecule is CCCP(COCC(CC)(CO)CO)C(=O)C(=O)C=C(C)C.CO. The summed E-state index contributed by atoms with van der Waals surface area (Å²) in [5, 5.41) is 25.8. The van der Waals surface area contributed by atoms with Gasteiger partial charge in [0.2, 0.25) is 11.3 Å². The molecule has 1 unspecified atom stereocenters. The number of hydrogen-bond acceptors (Lipinski definition) is 6. The number of carbonyl (C=O) groups excluding carboxylic acids is 2. The minimum Gasteiger partial charge on any atom is -0.400 e. The van der Waals surface area contributed by atoms with Crippen LogP contribution in [0, 0.1) is 5.41 Å². The van der Waals surface area contributed by atoms with E-state index in [1.165, 1.54) is 6.08 Å². The second kappa shape index (κ2) is 14.7. The molecule has 0 heterocycles. The van der Waals surface area contributed by atoms with E-state index in [1.807, 2.05) is 13.8 Å². The van der Waals surface area contributed by atoms with Gasteiger partial charge in [-0.25, -0.2) is 0 Å². The average Bonchev–Trinajstić information content (AvgIpc) is 2.59. The molecule has 0 saturated heterocycles. The topological polar surface area (TPSA) is 104 Å². The predicted molar refractivity (Wildman–Crippen MR) is 97.4 cm³/mol. The summed E-state index contributed by atoms with van der Waals surface area (Å²) in [6.07, 6.45) is 3.60. The normalized spacial score (nSPS) is 12.0. The van der Waals surface area contributed by atoms with E-state index in [1.54, 1.807) is 13.8 Å². The standard InChI is InChI=1S/C16H29O5P.CH4O/c1-5-7-22(15(20)14(19)8-13(3)4)12-21-11-16(6-2,9-17)10-18;1-2/h8,17-18H,5-7,9-12H2,1-4H3;2H,1H3. The quantitative estimate of drug-likeness (QED) is 0.278. The Morgan fingerprint density at radius 1 is 1.12 bits per heavy atom. The van der Waals surface area contributed by atoms with Crippen LogP contribution in [-0.4, -0.2) is 66.1 Å². The smallest absolute Gasteiger partial charge is 0.226 e. The lowest BCUT2D eigenvalue weighted by Crippen LogP contribution is -2.34. The second-order valence-corrected chi connectivity index (χ2v) is 7.99. The van der Waals surface area contributed by atoms with Gasteiger partial charge >= 0.3 is 0 Å². The minimum absolute atomic E-state index is 0.170. The summed E-state index contributed by atoms with van der Waals surface area (Å²) in [5.41, 5.74) is -0.246. The summed E-state index contributed by atoms with van der Waals surface area (Å²) >= 11 is 0. The monoisotopic (exact) mass is 364 g/mol. The molecule has 0 spiro atoms. The van der Waals surface area contributed by atoms with Gasteiger partial charge in [0, 0.05) is 20.4 Å². The van der Waals surface area contributed by atoms with Gasteiger partial charge in [0.05, 0.1) is 26.2 Å². The van der Waals surface area contributed by atoms with E-state index >= 15 is 0 Å². The Morgan fingerprint density at radius 3 is 2.04 bits per heavy atom. The molecule has 0 aromatic rings. The van der Waals surface area contributed by atoms with Crippen LogP contribution in [-0.2, 0) is 14.3 Å². The van der Waals surface area contributed by atoms with Gasteiger partial charge in [-0.1, -0.05) is 25.8 Å². The molecule has 0 rings (SSSR count). The number of ketones is 1. The highest BCUT2D eigenvalue weighted by atomic mass is 31.1. The fourth-order valence-corrected chi connectivity index (χ4v) is 3.49. The van der Waals surface area contributed by atoms with Crippen molar-refractivity contribution in [2.24, 2.45) is 5.41 Å². The van der Waals surface area contributed by atoms with Gasteiger partial charge in [0.15, 0.2) is 0 Å². The molecule has 0 aromatic carbocycles. The van der Waals surface area contributed by atoms with Crippen LogP contribution in [0.4, 0.5) is 0 Å². The lowest BCUT2D eigenvalue weighted by atomic mass is 9.88. The maximum absolute atomic E-state index is 12.2. The fourth-order valence-electron chi connectivity index (χ4n) is 1.81. The molecule has 0 amide bonds. The van der Waals surface area contributed by atoms with Crippen LogP contribution >= 0.6 is 7.92 Å². The largest absolute Gasteiger partial charge is 0.400 e. The maximum Gasteiger partial charge on any atom is 0.226 e. The first-order chi connectivity index (χ1) is 11.4. The summed E-state index contributed by atoms with van der Waals surface area (Å²) < 4.78 is 5.58. The van der Waals surface area contributed by atoms with E-state index in [-0.39, 0.29) is 31.7 Å². The molecule has 7 heteroatoms. The molecule has 0 aliphatic carbocycles. The van der Waals surface area contributed by atoms with Crippen LogP contribution in [0.1, 0.15) is 40.5 Å². The highest BCUT2D eigenvalue weighted by Crippen LogP contribution is 2.38. The molecule has 24 heavy (non-hydrogen) atoms. The molecular weight excluding hydrogens is 331 g/mol. The third kappa shape index (κ3) is 9.60. The summed E-state index contributed by atoms with van der Waals surface area (Å²) in [5.74, 6) is -0.464. The Bertz CT molecular complexity index is 378. The van der Waals surface area contributed by atoms with E-state index in [9.17, 15) is 19.8 Å². The highest BCUT2D eigenvalue weighted by Gasteiger charge is 2.29. The number of aliphatic hydroxyl groups is 3. The van der Waals surface area contributed by atoms with Crippen molar-refractivity contribution in [1.82, 2.24) is 0 Å². The Morgan fingerprint density at radius 2 is 1.67 bits per heavy atom. The molecule has 3 N–H and O–H groups in total. The zero-order valence-electron chi connectivity index (χ0n) is 15.5. The van der Waals surface area contributed by atoms with Crippen LogP contribution in [0.3, 0.4) is 0 Å². The molecule has 0 aromatic heterocycles. The molecule has 0 aliphatic heterocycles. The van der Waals surface area contributed by atoms with Gasteiger partial charge in [-0.15, -0.1) is 0 Å². The molecule has 142 valence electrons. The number of hydrogen-bond donors (Lipinski definition) is 3. The summed E-state index contributed by atoms with van der Waals surface area (Å²) in [6.45, 7) is 7.24. The first kappa shape index (κ1) is 25.6. The van der Waals surface area contributed by atoms with Crippen LogP contribution in [0.25, 0.3) is 0 Å². The van der Waals surface area contributed by atoms with Gasteiger partial charge in [0.1, 0.15) is 0 Å². The Kier molecular flexibility index (Phi) is 15.6. The van der Waals surface area contributed by atoms with E-state index in [0.29, 0.717) is 12.6 Å². The number of aliphatic hydroxyl groups excluding tert-OH is 3. The van der Waals surface area contributed by atoms with Crippen molar-refractivity contribution in [3.8, 4) is 0 Å². The third-order valence-corrected chi connectivity index (χ3v) is 5.76. The van der Waals surface area contributed by atoms with Crippen molar-refractivity contribution in [2.45, 2.75) is 40.5 Å². The number of ether oxygens (including phenoxy) is 1. The first-order valence-corrected chi connectivity index (χ1v) is 9.79. The van der Waals surface area contributed by atoms with E-state index in [2.05, 4.69) is 0 Å². The fraction of sp³-hybridized carbons (Fsp3) is 0.765. The zero-order valence-corrected chi connectivity index (χ0v) is 16.4. The van der Waals surface area contributed by atoms with Crippen molar-refractivity contribution in [3.05, 3.63) is 11.6 Å². The Balaban J connectivity index is 0. The van der Waals surface area contributed by atoms with E-state index in [4.69, 9.17) is 9.84 Å². The average molecular weight is 364 g/mol. The van der Waals surface area contributed by atoms with Crippen molar-refractivity contribution < 1.29 is 29.6 Å². The van der Waals surface area contributed by atoms with Gasteiger partial charge in [-0.3, -0.25) is 9.59 Å². The summed E-state index contributed by atoms with van der Waals surface area (Å²) in [4.78, 5) is 24.0. The van der Waals surface area contributed by atoms with Gasteiger partial charge in [0.25, 0.3) is 0 Å². The third-order valence-electron chi connectivity index (χ3n) is 3.49. The van der Waals surface area contributed by atoms with Crippen molar-refractivity contribution in [1.29, 1.82) is 0 Å². The lowest BCUT2D eigenvalue weighted by molar-refractivity contribution is -0.129. The number of allylic oxidation sites excluding steroid dienone is 2. The first-order valence-electron chi connectivity index (χ1n) is 8.08. The molecule has 0 radical (unpaired) electrons. The molecule has 6 nitrogen and oxygen atoms in total. The van der Waals surface area contributed by atoms with E-state index < -0.39 is 19.1 Å². The molecule has 1 atom stereocenters. The van der Waals surface area contributed by atoms with Crippen molar-refractivity contribution in [2.75, 3.05) is 39.4 Å². The van der Waals surface area contributed by atoms with Crippen LogP contribution in [0.15, 0.2) is 11.6 Å². The van der Waals surface area contributed by atoms with Crippen LogP contribution in [0.5, 0.6) is 0 Å². The highest BCUT2D eigenvalue weighted by molar-refractivity contribution is 7.77. The van der Waals surface area contributed by atoms with Gasteiger partial charge in [-0.2, -0.15) is 0 Å². The van der Waals surface area contributed by atoms with Gasteiger partial charge in [-0.05, 0) is 32.5 Å².